The molecule has 0 aliphatic heterocycles. The van der Waals surface area contributed by atoms with E-state index in [1.54, 1.807) is 13.0 Å². The first kappa shape index (κ1) is 12.6. The summed E-state index contributed by atoms with van der Waals surface area (Å²) in [5, 5.41) is 13.2. The van der Waals surface area contributed by atoms with Crippen LogP contribution < -0.4 is 5.32 Å². The quantitative estimate of drug-likeness (QED) is 0.495. The van der Waals surface area contributed by atoms with E-state index in [9.17, 15) is 14.9 Å². The van der Waals surface area contributed by atoms with Gasteiger partial charge in [0.1, 0.15) is 5.69 Å². The Morgan fingerprint density at radius 3 is 2.71 bits per heavy atom. The van der Waals surface area contributed by atoms with E-state index in [-0.39, 0.29) is 17.3 Å². The van der Waals surface area contributed by atoms with Crippen LogP contribution in [0.25, 0.3) is 4.85 Å². The number of carbonyl (C=O) groups is 1. The van der Waals surface area contributed by atoms with E-state index < -0.39 is 11.0 Å². The summed E-state index contributed by atoms with van der Waals surface area (Å²) >= 11 is 0. The highest BCUT2D eigenvalue weighted by atomic mass is 16.6. The van der Waals surface area contributed by atoms with Gasteiger partial charge in [-0.05, 0) is 12.1 Å². The van der Waals surface area contributed by atoms with Crippen molar-refractivity contribution in [2.75, 3.05) is 5.32 Å². The third-order valence-corrected chi connectivity index (χ3v) is 2.21. The molecular weight excluding hydrogens is 222 g/mol. The predicted molar refractivity (Wildman–Crippen MR) is 62.4 cm³/mol. The van der Waals surface area contributed by atoms with Crippen molar-refractivity contribution in [3.63, 3.8) is 0 Å². The Kier molecular flexibility index (Phi) is 3.78. The topological polar surface area (TPSA) is 76.6 Å². The molecule has 1 unspecified atom stereocenters. The number of hydrogen-bond acceptors (Lipinski definition) is 3. The maximum Gasteiger partial charge on any atom is 0.293 e. The lowest BCUT2D eigenvalue weighted by atomic mass is 10.1. The summed E-state index contributed by atoms with van der Waals surface area (Å²) in [5.41, 5.74) is 0.498. The molecule has 0 saturated carbocycles. The largest absolute Gasteiger partial charge is 0.321 e. The Labute approximate surface area is 98.2 Å². The SMILES string of the molecule is [C-]#[N+]C(C)c1ccc(NC(C)=O)c([N+](=O)[O-])c1. The predicted octanol–water partition coefficient (Wildman–Crippen LogP) is 2.53. The molecule has 0 aliphatic carbocycles. The van der Waals surface area contributed by atoms with Crippen LogP contribution in [0.2, 0.25) is 0 Å². The molecule has 0 spiro atoms. The second-order valence-corrected chi connectivity index (χ2v) is 3.52. The van der Waals surface area contributed by atoms with Gasteiger partial charge in [-0.3, -0.25) is 14.9 Å². The Balaban J connectivity index is 3.22. The molecule has 1 amide bonds. The van der Waals surface area contributed by atoms with Crippen LogP contribution in [0.3, 0.4) is 0 Å². The van der Waals surface area contributed by atoms with Crippen LogP contribution in [-0.2, 0) is 4.79 Å². The molecule has 88 valence electrons. The number of nitro benzene ring substituents is 1. The van der Waals surface area contributed by atoms with Gasteiger partial charge in [0.2, 0.25) is 11.9 Å². The van der Waals surface area contributed by atoms with Crippen molar-refractivity contribution < 1.29 is 9.72 Å². The molecule has 1 atom stereocenters. The highest BCUT2D eigenvalue weighted by Crippen LogP contribution is 2.29. The molecule has 0 fully saturated rings. The maximum absolute atomic E-state index is 10.9. The van der Waals surface area contributed by atoms with Gasteiger partial charge in [-0.2, -0.15) is 0 Å². The molecule has 0 saturated heterocycles. The summed E-state index contributed by atoms with van der Waals surface area (Å²) in [6, 6.07) is 3.91. The number of carbonyl (C=O) groups excluding carboxylic acids is 1. The van der Waals surface area contributed by atoms with E-state index in [4.69, 9.17) is 6.57 Å². The summed E-state index contributed by atoms with van der Waals surface area (Å²) in [5.74, 6) is -0.376. The van der Waals surface area contributed by atoms with Crippen LogP contribution in [0.4, 0.5) is 11.4 Å². The molecule has 1 rings (SSSR count). The van der Waals surface area contributed by atoms with Crippen LogP contribution >= 0.6 is 0 Å². The van der Waals surface area contributed by atoms with Gasteiger partial charge in [0, 0.05) is 25.5 Å². The van der Waals surface area contributed by atoms with Crippen molar-refractivity contribution in [2.24, 2.45) is 0 Å². The summed E-state index contributed by atoms with van der Waals surface area (Å²) in [7, 11) is 0. The zero-order valence-electron chi connectivity index (χ0n) is 9.43. The summed E-state index contributed by atoms with van der Waals surface area (Å²) in [6.45, 7) is 9.81. The zero-order chi connectivity index (χ0) is 13.0. The van der Waals surface area contributed by atoms with Crippen molar-refractivity contribution >= 4 is 17.3 Å². The molecular formula is C11H11N3O3. The minimum absolute atomic E-state index is 0.142. The van der Waals surface area contributed by atoms with Crippen molar-refractivity contribution in [1.82, 2.24) is 0 Å². The third kappa shape index (κ3) is 3.01. The highest BCUT2D eigenvalue weighted by molar-refractivity contribution is 5.91. The Bertz CT molecular complexity index is 505. The van der Waals surface area contributed by atoms with E-state index in [1.807, 2.05) is 0 Å². The summed E-state index contributed by atoms with van der Waals surface area (Å²) in [6.07, 6.45) is 0. The van der Waals surface area contributed by atoms with Gasteiger partial charge in [-0.15, -0.1) is 0 Å². The van der Waals surface area contributed by atoms with Gasteiger partial charge in [0.25, 0.3) is 5.69 Å². The molecule has 1 N–H and O–H groups in total. The van der Waals surface area contributed by atoms with Gasteiger partial charge in [0.05, 0.1) is 4.92 Å². The smallest absolute Gasteiger partial charge is 0.293 e. The number of rotatable bonds is 3. The number of amides is 1. The number of nitrogens with zero attached hydrogens (tertiary/aromatic N) is 2. The summed E-state index contributed by atoms with van der Waals surface area (Å²) in [4.78, 5) is 24.4. The fraction of sp³-hybridized carbons (Fsp3) is 0.273. The molecule has 0 radical (unpaired) electrons. The maximum atomic E-state index is 10.9. The average molecular weight is 233 g/mol. The number of nitrogens with one attached hydrogen (secondary N) is 1. The van der Waals surface area contributed by atoms with Gasteiger partial charge < -0.3 is 10.2 Å². The normalized spacial score (nSPS) is 11.4. The molecule has 17 heavy (non-hydrogen) atoms. The van der Waals surface area contributed by atoms with Crippen LogP contribution in [0.15, 0.2) is 18.2 Å². The Morgan fingerprint density at radius 2 is 2.24 bits per heavy atom. The van der Waals surface area contributed by atoms with Crippen molar-refractivity contribution in [2.45, 2.75) is 19.9 Å². The monoisotopic (exact) mass is 233 g/mol. The van der Waals surface area contributed by atoms with E-state index >= 15 is 0 Å². The lowest BCUT2D eigenvalue weighted by Crippen LogP contribution is -2.08. The van der Waals surface area contributed by atoms with Gasteiger partial charge in [-0.25, -0.2) is 6.57 Å². The molecule has 6 heteroatoms. The van der Waals surface area contributed by atoms with E-state index in [2.05, 4.69) is 10.2 Å². The molecule has 6 nitrogen and oxygen atoms in total. The summed E-state index contributed by atoms with van der Waals surface area (Å²) < 4.78 is 0. The van der Waals surface area contributed by atoms with Crippen LogP contribution in [-0.4, -0.2) is 10.8 Å². The van der Waals surface area contributed by atoms with Crippen molar-refractivity contribution in [3.8, 4) is 0 Å². The number of anilines is 1. The van der Waals surface area contributed by atoms with Crippen LogP contribution in [0.1, 0.15) is 25.5 Å². The number of nitro groups is 1. The lowest BCUT2D eigenvalue weighted by molar-refractivity contribution is -0.384. The molecule has 1 aromatic carbocycles. The third-order valence-electron chi connectivity index (χ3n) is 2.21. The Hall–Kier alpha value is -2.42. The second kappa shape index (κ2) is 5.07. The second-order valence-electron chi connectivity index (χ2n) is 3.52. The fourth-order valence-electron chi connectivity index (χ4n) is 1.33. The van der Waals surface area contributed by atoms with Crippen LogP contribution in [0.5, 0.6) is 0 Å². The molecule has 0 bridgehead atoms. The van der Waals surface area contributed by atoms with Gasteiger partial charge in [0.15, 0.2) is 0 Å². The molecule has 0 aliphatic rings. The standard InChI is InChI=1S/C11H11N3O3/c1-7(12-3)9-4-5-10(13-8(2)15)11(6-9)14(16)17/h4-7H,1-2H3,(H,13,15). The molecule has 0 aromatic heterocycles. The van der Waals surface area contributed by atoms with Crippen molar-refractivity contribution in [3.05, 3.63) is 45.3 Å². The highest BCUT2D eigenvalue weighted by Gasteiger charge is 2.19. The number of hydrogen-bond donors (Lipinski definition) is 1. The minimum Gasteiger partial charge on any atom is -0.321 e. The molecule has 1 aromatic rings. The average Bonchev–Trinajstić information content (AvgIpc) is 2.27. The first-order valence-corrected chi connectivity index (χ1v) is 4.88. The van der Waals surface area contributed by atoms with Crippen LogP contribution in [0, 0.1) is 16.7 Å². The van der Waals surface area contributed by atoms with Gasteiger partial charge in [-0.1, -0.05) is 0 Å². The van der Waals surface area contributed by atoms with E-state index in [1.165, 1.54) is 19.1 Å². The number of benzene rings is 1. The molecule has 0 heterocycles. The van der Waals surface area contributed by atoms with Crippen molar-refractivity contribution in [1.29, 1.82) is 0 Å². The fourth-order valence-corrected chi connectivity index (χ4v) is 1.33. The minimum atomic E-state index is -0.578. The first-order chi connectivity index (χ1) is 7.95. The zero-order valence-corrected chi connectivity index (χ0v) is 9.43. The first-order valence-electron chi connectivity index (χ1n) is 4.88. The Morgan fingerprint density at radius 1 is 1.59 bits per heavy atom. The van der Waals surface area contributed by atoms with Gasteiger partial charge >= 0.3 is 0 Å². The lowest BCUT2D eigenvalue weighted by Gasteiger charge is -2.05. The van der Waals surface area contributed by atoms with E-state index in [0.29, 0.717) is 5.56 Å². The van der Waals surface area contributed by atoms with E-state index in [0.717, 1.165) is 0 Å².